The van der Waals surface area contributed by atoms with Crippen LogP contribution in [0.15, 0.2) is 23.8 Å². The van der Waals surface area contributed by atoms with Gasteiger partial charge in [-0.25, -0.2) is 9.59 Å². The van der Waals surface area contributed by atoms with Gasteiger partial charge in [0.25, 0.3) is 0 Å². The van der Waals surface area contributed by atoms with Crippen molar-refractivity contribution in [1.82, 2.24) is 0 Å². The SMILES string of the molecule is C=CCC(CC(=O)O)C(=O)O.O=C(O)C=C(Cl)C(=O)O. The number of carboxylic acids is 4. The lowest BCUT2D eigenvalue weighted by Gasteiger charge is -2.04. The number of carboxylic acid groups (broad SMARTS) is 4. The summed E-state index contributed by atoms with van der Waals surface area (Å²) in [5, 5.41) is 31.9. The molecule has 1 atom stereocenters. The number of carbonyl (C=O) groups is 4. The van der Waals surface area contributed by atoms with E-state index in [9.17, 15) is 19.2 Å². The molecule has 20 heavy (non-hydrogen) atoms. The molecular formula is C11H13ClO8. The Bertz CT molecular complexity index is 426. The summed E-state index contributed by atoms with van der Waals surface area (Å²) >= 11 is 4.89. The molecule has 0 aliphatic carbocycles. The van der Waals surface area contributed by atoms with Crippen LogP contribution in [0.4, 0.5) is 0 Å². The smallest absolute Gasteiger partial charge is 0.347 e. The second kappa shape index (κ2) is 10.6. The van der Waals surface area contributed by atoms with E-state index in [1.807, 2.05) is 0 Å². The van der Waals surface area contributed by atoms with Gasteiger partial charge >= 0.3 is 23.9 Å². The van der Waals surface area contributed by atoms with Crippen LogP contribution in [-0.4, -0.2) is 44.3 Å². The average molecular weight is 309 g/mol. The van der Waals surface area contributed by atoms with E-state index in [1.54, 1.807) is 0 Å². The maximum atomic E-state index is 10.3. The van der Waals surface area contributed by atoms with Crippen LogP contribution in [0.3, 0.4) is 0 Å². The molecule has 0 saturated heterocycles. The van der Waals surface area contributed by atoms with Gasteiger partial charge in [-0.2, -0.15) is 0 Å². The summed E-state index contributed by atoms with van der Waals surface area (Å²) in [6.07, 6.45) is 1.66. The van der Waals surface area contributed by atoms with E-state index in [4.69, 9.17) is 32.0 Å². The summed E-state index contributed by atoms with van der Waals surface area (Å²) in [5.41, 5.74) is 0. The highest BCUT2D eigenvalue weighted by Gasteiger charge is 2.18. The Morgan fingerprint density at radius 1 is 1.10 bits per heavy atom. The third kappa shape index (κ3) is 12.1. The number of allylic oxidation sites excluding steroid dienone is 1. The van der Waals surface area contributed by atoms with E-state index in [-0.39, 0.29) is 12.8 Å². The van der Waals surface area contributed by atoms with Crippen molar-refractivity contribution in [2.75, 3.05) is 0 Å². The van der Waals surface area contributed by atoms with Crippen LogP contribution >= 0.6 is 11.6 Å². The zero-order chi connectivity index (χ0) is 16.3. The molecule has 0 fully saturated rings. The van der Waals surface area contributed by atoms with Gasteiger partial charge in [0.15, 0.2) is 0 Å². The lowest BCUT2D eigenvalue weighted by molar-refractivity contribution is -0.148. The molecular weight excluding hydrogens is 296 g/mol. The highest BCUT2D eigenvalue weighted by atomic mass is 35.5. The molecule has 8 nitrogen and oxygen atoms in total. The minimum absolute atomic E-state index is 0.196. The van der Waals surface area contributed by atoms with Crippen molar-refractivity contribution >= 4 is 35.5 Å². The van der Waals surface area contributed by atoms with Crippen LogP contribution in [0.1, 0.15) is 12.8 Å². The Morgan fingerprint density at radius 2 is 1.60 bits per heavy atom. The van der Waals surface area contributed by atoms with Gasteiger partial charge in [-0.3, -0.25) is 9.59 Å². The standard InChI is InChI=1S/C7H10O4.C4H3ClO4/c1-2-3-5(7(10)11)4-6(8)9;5-2(4(8)9)1-3(6)7/h2,5H,1,3-4H2,(H,8,9)(H,10,11);1H,(H,6,7)(H,8,9). The lowest BCUT2D eigenvalue weighted by atomic mass is 10.0. The summed E-state index contributed by atoms with van der Waals surface area (Å²) in [5.74, 6) is -5.85. The molecule has 0 aromatic carbocycles. The first kappa shape index (κ1) is 20.0. The average Bonchev–Trinajstić information content (AvgIpc) is 2.27. The summed E-state index contributed by atoms with van der Waals surface area (Å²) in [6.45, 7) is 3.33. The lowest BCUT2D eigenvalue weighted by Crippen LogP contribution is -2.16. The molecule has 112 valence electrons. The Balaban J connectivity index is 0. The van der Waals surface area contributed by atoms with Crippen molar-refractivity contribution in [2.24, 2.45) is 5.92 Å². The maximum absolute atomic E-state index is 10.3. The zero-order valence-electron chi connectivity index (χ0n) is 10.2. The van der Waals surface area contributed by atoms with Gasteiger partial charge in [0, 0.05) is 6.08 Å². The van der Waals surface area contributed by atoms with Gasteiger partial charge in [-0.1, -0.05) is 17.7 Å². The molecule has 1 unspecified atom stereocenters. The van der Waals surface area contributed by atoms with Gasteiger partial charge in [0.05, 0.1) is 12.3 Å². The van der Waals surface area contributed by atoms with Crippen LogP contribution in [0.25, 0.3) is 0 Å². The highest BCUT2D eigenvalue weighted by molar-refractivity contribution is 6.42. The fourth-order valence-electron chi connectivity index (χ4n) is 0.854. The monoisotopic (exact) mass is 308 g/mol. The molecule has 4 N–H and O–H groups in total. The molecule has 9 heteroatoms. The van der Waals surface area contributed by atoms with Crippen LogP contribution in [0.5, 0.6) is 0 Å². The Hall–Kier alpha value is -2.35. The van der Waals surface area contributed by atoms with Gasteiger partial charge in [0.1, 0.15) is 5.03 Å². The van der Waals surface area contributed by atoms with Gasteiger partial charge in [-0.05, 0) is 6.42 Å². The summed E-state index contributed by atoms with van der Waals surface area (Å²) in [4.78, 5) is 39.9. The van der Waals surface area contributed by atoms with Crippen LogP contribution in [-0.2, 0) is 19.2 Å². The van der Waals surface area contributed by atoms with E-state index in [2.05, 4.69) is 6.58 Å². The molecule has 0 saturated carbocycles. The second-order valence-corrected chi connectivity index (χ2v) is 3.70. The Kier molecular flexibility index (Phi) is 10.5. The molecule has 0 bridgehead atoms. The Morgan fingerprint density at radius 3 is 1.80 bits per heavy atom. The molecule has 0 spiro atoms. The predicted octanol–water partition coefficient (Wildman–Crippen LogP) is 1.02. The fraction of sp³-hybridized carbons (Fsp3) is 0.273. The van der Waals surface area contributed by atoms with Crippen molar-refractivity contribution in [2.45, 2.75) is 12.8 Å². The van der Waals surface area contributed by atoms with Crippen LogP contribution < -0.4 is 0 Å². The third-order valence-electron chi connectivity index (χ3n) is 1.68. The maximum Gasteiger partial charge on any atom is 0.347 e. The highest BCUT2D eigenvalue weighted by Crippen LogP contribution is 2.08. The first-order valence-corrected chi connectivity index (χ1v) is 5.38. The number of hydrogen-bond acceptors (Lipinski definition) is 4. The van der Waals surface area contributed by atoms with Crippen molar-refractivity contribution < 1.29 is 39.6 Å². The van der Waals surface area contributed by atoms with Crippen LogP contribution in [0.2, 0.25) is 0 Å². The number of rotatable bonds is 7. The number of hydrogen-bond donors (Lipinski definition) is 4. The van der Waals surface area contributed by atoms with Crippen LogP contribution in [0, 0.1) is 5.92 Å². The first-order chi connectivity index (χ1) is 9.11. The number of halogens is 1. The molecule has 0 aliphatic heterocycles. The van der Waals surface area contributed by atoms with Gasteiger partial charge in [0.2, 0.25) is 0 Å². The van der Waals surface area contributed by atoms with E-state index in [0.29, 0.717) is 6.08 Å². The van der Waals surface area contributed by atoms with E-state index < -0.39 is 34.8 Å². The summed E-state index contributed by atoms with van der Waals surface area (Å²) in [6, 6.07) is 0. The fourth-order valence-corrected chi connectivity index (χ4v) is 0.947. The van der Waals surface area contributed by atoms with Crippen molar-refractivity contribution in [3.63, 3.8) is 0 Å². The number of aliphatic carboxylic acids is 4. The third-order valence-corrected chi connectivity index (χ3v) is 1.95. The normalized spacial score (nSPS) is 11.6. The quantitative estimate of drug-likeness (QED) is 0.402. The zero-order valence-corrected chi connectivity index (χ0v) is 10.9. The summed E-state index contributed by atoms with van der Waals surface area (Å²) < 4.78 is 0. The van der Waals surface area contributed by atoms with Crippen molar-refractivity contribution in [3.05, 3.63) is 23.8 Å². The molecule has 0 heterocycles. The predicted molar refractivity (Wildman–Crippen MR) is 67.4 cm³/mol. The van der Waals surface area contributed by atoms with E-state index >= 15 is 0 Å². The first-order valence-electron chi connectivity index (χ1n) is 5.00. The molecule has 0 aromatic rings. The second-order valence-electron chi connectivity index (χ2n) is 3.29. The largest absolute Gasteiger partial charge is 0.481 e. The molecule has 0 aliphatic rings. The minimum Gasteiger partial charge on any atom is -0.481 e. The Labute approximate surface area is 118 Å². The molecule has 0 aromatic heterocycles. The van der Waals surface area contributed by atoms with Gasteiger partial charge < -0.3 is 20.4 Å². The van der Waals surface area contributed by atoms with E-state index in [0.717, 1.165) is 0 Å². The van der Waals surface area contributed by atoms with E-state index in [1.165, 1.54) is 6.08 Å². The van der Waals surface area contributed by atoms with Crippen molar-refractivity contribution in [1.29, 1.82) is 0 Å². The summed E-state index contributed by atoms with van der Waals surface area (Å²) in [7, 11) is 0. The topological polar surface area (TPSA) is 149 Å². The molecule has 0 radical (unpaired) electrons. The van der Waals surface area contributed by atoms with Crippen molar-refractivity contribution in [3.8, 4) is 0 Å². The molecule has 0 amide bonds. The van der Waals surface area contributed by atoms with Gasteiger partial charge in [-0.15, -0.1) is 6.58 Å². The molecule has 0 rings (SSSR count). The minimum atomic E-state index is -1.45.